The SMILES string of the molecule is COc1cc(C(=O)N2CCN(C(=O)COc3ccc(C)cc3)CC2)cc(OC)c1OC. The van der Waals surface area contributed by atoms with Crippen molar-refractivity contribution in [2.75, 3.05) is 54.1 Å². The van der Waals surface area contributed by atoms with Crippen LogP contribution < -0.4 is 18.9 Å². The fourth-order valence-corrected chi connectivity index (χ4v) is 3.42. The van der Waals surface area contributed by atoms with Crippen LogP contribution in [0.1, 0.15) is 15.9 Å². The van der Waals surface area contributed by atoms with Crippen molar-refractivity contribution in [1.82, 2.24) is 9.80 Å². The number of rotatable bonds is 7. The van der Waals surface area contributed by atoms with Crippen molar-refractivity contribution < 1.29 is 28.5 Å². The van der Waals surface area contributed by atoms with Crippen LogP contribution in [0.25, 0.3) is 0 Å². The highest BCUT2D eigenvalue weighted by Crippen LogP contribution is 2.38. The molecule has 0 unspecified atom stereocenters. The summed E-state index contributed by atoms with van der Waals surface area (Å²) in [5.74, 6) is 1.70. The number of benzene rings is 2. The summed E-state index contributed by atoms with van der Waals surface area (Å²) in [6.07, 6.45) is 0. The molecule has 2 amide bonds. The van der Waals surface area contributed by atoms with Gasteiger partial charge in [-0.3, -0.25) is 9.59 Å². The van der Waals surface area contributed by atoms with Crippen molar-refractivity contribution in [3.05, 3.63) is 47.5 Å². The highest BCUT2D eigenvalue weighted by Gasteiger charge is 2.26. The molecule has 0 saturated carbocycles. The third kappa shape index (κ3) is 5.20. The number of nitrogens with zero attached hydrogens (tertiary/aromatic N) is 2. The number of hydrogen-bond acceptors (Lipinski definition) is 6. The van der Waals surface area contributed by atoms with Gasteiger partial charge in [-0.15, -0.1) is 0 Å². The predicted molar refractivity (Wildman–Crippen MR) is 115 cm³/mol. The predicted octanol–water partition coefficient (Wildman–Crippen LogP) is 2.38. The van der Waals surface area contributed by atoms with Crippen molar-refractivity contribution in [2.24, 2.45) is 0 Å². The van der Waals surface area contributed by atoms with Crippen LogP contribution in [0.5, 0.6) is 23.0 Å². The average molecular weight is 428 g/mol. The van der Waals surface area contributed by atoms with E-state index in [4.69, 9.17) is 18.9 Å². The second kappa shape index (κ2) is 10.1. The van der Waals surface area contributed by atoms with Crippen LogP contribution >= 0.6 is 0 Å². The standard InChI is InChI=1S/C23H28N2O6/c1-16-5-7-18(8-6-16)31-15-21(26)24-9-11-25(12-10-24)23(27)17-13-19(28-2)22(30-4)20(14-17)29-3/h5-8,13-14H,9-12,15H2,1-4H3. The normalized spacial score (nSPS) is 13.5. The zero-order chi connectivity index (χ0) is 22.4. The number of ether oxygens (including phenoxy) is 4. The smallest absolute Gasteiger partial charge is 0.260 e. The second-order valence-corrected chi connectivity index (χ2v) is 7.19. The van der Waals surface area contributed by atoms with Crippen LogP contribution in [0.4, 0.5) is 0 Å². The van der Waals surface area contributed by atoms with E-state index in [0.29, 0.717) is 54.7 Å². The van der Waals surface area contributed by atoms with Gasteiger partial charge < -0.3 is 28.7 Å². The Morgan fingerprint density at radius 1 is 0.839 bits per heavy atom. The number of amides is 2. The third-order valence-electron chi connectivity index (χ3n) is 5.21. The third-order valence-corrected chi connectivity index (χ3v) is 5.21. The summed E-state index contributed by atoms with van der Waals surface area (Å²) < 4.78 is 21.6. The maximum atomic E-state index is 13.0. The van der Waals surface area contributed by atoms with E-state index in [-0.39, 0.29) is 18.4 Å². The zero-order valence-corrected chi connectivity index (χ0v) is 18.3. The molecular weight excluding hydrogens is 400 g/mol. The van der Waals surface area contributed by atoms with Gasteiger partial charge in [-0.2, -0.15) is 0 Å². The van der Waals surface area contributed by atoms with E-state index >= 15 is 0 Å². The molecule has 1 aliphatic rings. The lowest BCUT2D eigenvalue weighted by Gasteiger charge is -2.34. The molecule has 0 aromatic heterocycles. The number of piperazine rings is 1. The largest absolute Gasteiger partial charge is 0.493 e. The Bertz CT molecular complexity index is 895. The minimum Gasteiger partial charge on any atom is -0.493 e. The van der Waals surface area contributed by atoms with Crippen molar-refractivity contribution in [1.29, 1.82) is 0 Å². The van der Waals surface area contributed by atoms with E-state index in [1.807, 2.05) is 31.2 Å². The first kappa shape index (κ1) is 22.3. The van der Waals surface area contributed by atoms with E-state index in [1.165, 1.54) is 21.3 Å². The maximum absolute atomic E-state index is 13.0. The number of carbonyl (C=O) groups is 2. The molecule has 0 radical (unpaired) electrons. The van der Waals surface area contributed by atoms with Gasteiger partial charge in [-0.25, -0.2) is 0 Å². The fourth-order valence-electron chi connectivity index (χ4n) is 3.42. The molecule has 0 spiro atoms. The molecule has 1 fully saturated rings. The maximum Gasteiger partial charge on any atom is 0.260 e. The van der Waals surface area contributed by atoms with Gasteiger partial charge in [0.05, 0.1) is 21.3 Å². The molecule has 2 aromatic carbocycles. The van der Waals surface area contributed by atoms with Crippen molar-refractivity contribution in [3.63, 3.8) is 0 Å². The first-order valence-corrected chi connectivity index (χ1v) is 10.0. The molecular formula is C23H28N2O6. The summed E-state index contributed by atoms with van der Waals surface area (Å²) in [6, 6.07) is 10.8. The molecule has 0 bridgehead atoms. The van der Waals surface area contributed by atoms with Crippen molar-refractivity contribution >= 4 is 11.8 Å². The quantitative estimate of drug-likeness (QED) is 0.674. The molecule has 31 heavy (non-hydrogen) atoms. The van der Waals surface area contributed by atoms with Gasteiger partial charge in [-0.1, -0.05) is 17.7 Å². The Morgan fingerprint density at radius 3 is 1.90 bits per heavy atom. The summed E-state index contributed by atoms with van der Waals surface area (Å²) in [6.45, 7) is 3.74. The van der Waals surface area contributed by atoms with Crippen LogP contribution in [0, 0.1) is 6.92 Å². The topological polar surface area (TPSA) is 77.5 Å². The van der Waals surface area contributed by atoms with Crippen molar-refractivity contribution in [3.8, 4) is 23.0 Å². The van der Waals surface area contributed by atoms with Gasteiger partial charge in [0.15, 0.2) is 18.1 Å². The Balaban J connectivity index is 1.58. The highest BCUT2D eigenvalue weighted by atomic mass is 16.5. The molecule has 0 N–H and O–H groups in total. The van der Waals surface area contributed by atoms with E-state index in [1.54, 1.807) is 21.9 Å². The minimum atomic E-state index is -0.151. The Kier molecular flexibility index (Phi) is 7.23. The van der Waals surface area contributed by atoms with E-state index in [9.17, 15) is 9.59 Å². The molecule has 1 saturated heterocycles. The summed E-state index contributed by atoms with van der Waals surface area (Å²) in [7, 11) is 4.53. The number of carbonyl (C=O) groups excluding carboxylic acids is 2. The molecule has 3 rings (SSSR count). The van der Waals surface area contributed by atoms with E-state index in [2.05, 4.69) is 0 Å². The monoisotopic (exact) mass is 428 g/mol. The minimum absolute atomic E-state index is 0.0239. The van der Waals surface area contributed by atoms with Gasteiger partial charge in [0.2, 0.25) is 5.75 Å². The summed E-state index contributed by atoms with van der Waals surface area (Å²) in [5.41, 5.74) is 1.57. The van der Waals surface area contributed by atoms with Gasteiger partial charge in [0, 0.05) is 31.7 Å². The summed E-state index contributed by atoms with van der Waals surface area (Å²) >= 11 is 0. The lowest BCUT2D eigenvalue weighted by Crippen LogP contribution is -2.51. The molecule has 8 nitrogen and oxygen atoms in total. The summed E-state index contributed by atoms with van der Waals surface area (Å²) in [4.78, 5) is 28.9. The molecule has 2 aromatic rings. The molecule has 1 aliphatic heterocycles. The highest BCUT2D eigenvalue weighted by molar-refractivity contribution is 5.96. The Morgan fingerprint density at radius 2 is 1.39 bits per heavy atom. The Labute approximate surface area is 182 Å². The van der Waals surface area contributed by atoms with Gasteiger partial charge in [-0.05, 0) is 31.2 Å². The first-order valence-electron chi connectivity index (χ1n) is 10.0. The van der Waals surface area contributed by atoms with Crippen LogP contribution in [0.15, 0.2) is 36.4 Å². The summed E-state index contributed by atoms with van der Waals surface area (Å²) in [5, 5.41) is 0. The van der Waals surface area contributed by atoms with Crippen LogP contribution in [0.3, 0.4) is 0 Å². The molecule has 1 heterocycles. The van der Waals surface area contributed by atoms with Crippen LogP contribution in [-0.2, 0) is 4.79 Å². The van der Waals surface area contributed by atoms with Crippen LogP contribution in [-0.4, -0.2) is 75.7 Å². The fraction of sp³-hybridized carbons (Fsp3) is 0.391. The molecule has 166 valence electrons. The zero-order valence-electron chi connectivity index (χ0n) is 18.3. The molecule has 0 atom stereocenters. The van der Waals surface area contributed by atoms with Crippen molar-refractivity contribution in [2.45, 2.75) is 6.92 Å². The number of methoxy groups -OCH3 is 3. The van der Waals surface area contributed by atoms with Crippen LogP contribution in [0.2, 0.25) is 0 Å². The Hall–Kier alpha value is -3.42. The molecule has 0 aliphatic carbocycles. The number of aryl methyl sites for hydroxylation is 1. The van der Waals surface area contributed by atoms with Gasteiger partial charge in [0.25, 0.3) is 11.8 Å². The lowest BCUT2D eigenvalue weighted by molar-refractivity contribution is -0.134. The number of hydrogen-bond donors (Lipinski definition) is 0. The first-order chi connectivity index (χ1) is 15.0. The van der Waals surface area contributed by atoms with E-state index in [0.717, 1.165) is 5.56 Å². The van der Waals surface area contributed by atoms with Gasteiger partial charge in [0.1, 0.15) is 5.75 Å². The van der Waals surface area contributed by atoms with E-state index < -0.39 is 0 Å². The molecule has 8 heteroatoms. The van der Waals surface area contributed by atoms with Gasteiger partial charge >= 0.3 is 0 Å². The average Bonchev–Trinajstić information content (AvgIpc) is 2.82. The second-order valence-electron chi connectivity index (χ2n) is 7.19. The lowest BCUT2D eigenvalue weighted by atomic mass is 10.1.